The molecule has 0 aromatic heterocycles. The Morgan fingerprint density at radius 3 is 2.88 bits per heavy atom. The molecule has 2 aromatic carbocycles. The third-order valence-corrected chi connectivity index (χ3v) is 4.81. The maximum Gasteiger partial charge on any atom is 0.317 e. The van der Waals surface area contributed by atoms with Crippen molar-refractivity contribution in [2.24, 2.45) is 0 Å². The van der Waals surface area contributed by atoms with E-state index in [0.29, 0.717) is 12.1 Å². The molecule has 0 bridgehead atoms. The van der Waals surface area contributed by atoms with Crippen LogP contribution in [0, 0.1) is 12.7 Å². The lowest BCUT2D eigenvalue weighted by Crippen LogP contribution is -2.40. The van der Waals surface area contributed by atoms with Gasteiger partial charge in [0.1, 0.15) is 5.82 Å². The highest BCUT2D eigenvalue weighted by molar-refractivity contribution is 5.74. The summed E-state index contributed by atoms with van der Waals surface area (Å²) in [6, 6.07) is 13.4. The fourth-order valence-electron chi connectivity index (χ4n) is 3.32. The Hall–Kier alpha value is -2.36. The smallest absolute Gasteiger partial charge is 0.317 e. The van der Waals surface area contributed by atoms with Crippen molar-refractivity contribution >= 4 is 6.03 Å². The van der Waals surface area contributed by atoms with Gasteiger partial charge >= 0.3 is 6.03 Å². The molecule has 0 saturated heterocycles. The first-order valence-electron chi connectivity index (χ1n) is 8.40. The summed E-state index contributed by atoms with van der Waals surface area (Å²) in [6.45, 7) is 2.06. The summed E-state index contributed by atoms with van der Waals surface area (Å²) in [5, 5.41) is 2.89. The fraction of sp³-hybridized carbons (Fsp3) is 0.350. The molecule has 0 saturated carbocycles. The number of hydrogen-bond acceptors (Lipinski definition) is 1. The topological polar surface area (TPSA) is 32.3 Å². The Bertz CT molecular complexity index is 744. The predicted molar refractivity (Wildman–Crippen MR) is 93.3 cm³/mol. The number of carbonyl (C=O) groups is 1. The van der Waals surface area contributed by atoms with E-state index in [1.807, 2.05) is 25.2 Å². The molecule has 1 N–H and O–H groups in total. The Balaban J connectivity index is 1.66. The van der Waals surface area contributed by atoms with Crippen molar-refractivity contribution in [3.05, 3.63) is 70.5 Å². The van der Waals surface area contributed by atoms with Gasteiger partial charge in [0.15, 0.2) is 0 Å². The Morgan fingerprint density at radius 2 is 2.08 bits per heavy atom. The van der Waals surface area contributed by atoms with Crippen molar-refractivity contribution < 1.29 is 9.18 Å². The zero-order valence-electron chi connectivity index (χ0n) is 14.2. The van der Waals surface area contributed by atoms with Crippen molar-refractivity contribution in [1.29, 1.82) is 0 Å². The van der Waals surface area contributed by atoms with Gasteiger partial charge in [-0.3, -0.25) is 0 Å². The van der Waals surface area contributed by atoms with E-state index in [2.05, 4.69) is 17.4 Å². The van der Waals surface area contributed by atoms with Crippen molar-refractivity contribution in [1.82, 2.24) is 10.2 Å². The molecule has 126 valence electrons. The zero-order valence-corrected chi connectivity index (χ0v) is 14.2. The van der Waals surface area contributed by atoms with Crippen molar-refractivity contribution in [2.75, 3.05) is 7.05 Å². The molecule has 4 heteroatoms. The molecule has 2 aromatic rings. The summed E-state index contributed by atoms with van der Waals surface area (Å²) in [4.78, 5) is 14.3. The molecule has 1 atom stereocenters. The van der Waals surface area contributed by atoms with Gasteiger partial charge < -0.3 is 10.2 Å². The first kappa shape index (κ1) is 16.5. The second-order valence-electron chi connectivity index (χ2n) is 6.46. The number of hydrogen-bond donors (Lipinski definition) is 1. The van der Waals surface area contributed by atoms with Gasteiger partial charge in [-0.05, 0) is 54.5 Å². The summed E-state index contributed by atoms with van der Waals surface area (Å²) < 4.78 is 13.6. The van der Waals surface area contributed by atoms with Crippen LogP contribution in [-0.2, 0) is 13.0 Å². The summed E-state index contributed by atoms with van der Waals surface area (Å²) >= 11 is 0. The highest BCUT2D eigenvalue weighted by atomic mass is 19.1. The van der Waals surface area contributed by atoms with Gasteiger partial charge in [-0.2, -0.15) is 0 Å². The molecule has 0 spiro atoms. The van der Waals surface area contributed by atoms with Gasteiger partial charge in [0.05, 0.1) is 6.04 Å². The largest absolute Gasteiger partial charge is 0.334 e. The first-order valence-corrected chi connectivity index (χ1v) is 8.40. The zero-order chi connectivity index (χ0) is 17.1. The third kappa shape index (κ3) is 3.42. The number of halogens is 1. The van der Waals surface area contributed by atoms with Crippen LogP contribution in [0.4, 0.5) is 9.18 Å². The van der Waals surface area contributed by atoms with E-state index in [1.165, 1.54) is 17.2 Å². The molecule has 2 amide bonds. The van der Waals surface area contributed by atoms with E-state index in [4.69, 9.17) is 0 Å². The minimum absolute atomic E-state index is 0.102. The van der Waals surface area contributed by atoms with Crippen molar-refractivity contribution in [2.45, 2.75) is 38.8 Å². The second kappa shape index (κ2) is 7.04. The number of carbonyl (C=O) groups excluding carboxylic acids is 1. The second-order valence-corrected chi connectivity index (χ2v) is 6.46. The van der Waals surface area contributed by atoms with Crippen LogP contribution >= 0.6 is 0 Å². The van der Waals surface area contributed by atoms with Crippen LogP contribution in [0.25, 0.3) is 0 Å². The SMILES string of the molecule is Cc1ccc(CNC(=O)N(C)C2CCCc3ccccc32)cc1F. The standard InChI is InChI=1S/C20H23FN2O/c1-14-10-11-15(12-18(14)21)13-22-20(24)23(2)19-9-5-7-16-6-3-4-8-17(16)19/h3-4,6,8,10-12,19H,5,7,9,13H2,1-2H3,(H,22,24). The van der Waals surface area contributed by atoms with Crippen LogP contribution in [0.5, 0.6) is 0 Å². The molecule has 0 fully saturated rings. The van der Waals surface area contributed by atoms with Crippen LogP contribution in [0.1, 0.15) is 41.1 Å². The highest BCUT2D eigenvalue weighted by Crippen LogP contribution is 2.33. The summed E-state index contributed by atoms with van der Waals surface area (Å²) in [6.07, 6.45) is 3.13. The van der Waals surface area contributed by atoms with Crippen LogP contribution in [0.3, 0.4) is 0 Å². The number of nitrogens with one attached hydrogen (secondary N) is 1. The lowest BCUT2D eigenvalue weighted by Gasteiger charge is -2.33. The van der Waals surface area contributed by atoms with E-state index < -0.39 is 0 Å². The van der Waals surface area contributed by atoms with E-state index in [9.17, 15) is 9.18 Å². The lowest BCUT2D eigenvalue weighted by atomic mass is 9.87. The van der Waals surface area contributed by atoms with Gasteiger partial charge in [-0.25, -0.2) is 9.18 Å². The molecular formula is C20H23FN2O. The fourth-order valence-corrected chi connectivity index (χ4v) is 3.32. The summed E-state index contributed by atoms with van der Waals surface area (Å²) in [5.74, 6) is -0.240. The molecule has 3 nitrogen and oxygen atoms in total. The highest BCUT2D eigenvalue weighted by Gasteiger charge is 2.26. The maximum absolute atomic E-state index is 13.6. The molecule has 0 aliphatic heterocycles. The Morgan fingerprint density at radius 1 is 1.29 bits per heavy atom. The van der Waals surface area contributed by atoms with Crippen molar-refractivity contribution in [3.63, 3.8) is 0 Å². The number of amides is 2. The monoisotopic (exact) mass is 326 g/mol. The number of aryl methyl sites for hydroxylation is 2. The summed E-state index contributed by atoms with van der Waals surface area (Å²) in [5.41, 5.74) is 3.95. The molecule has 1 aliphatic carbocycles. The third-order valence-electron chi connectivity index (χ3n) is 4.81. The minimum Gasteiger partial charge on any atom is -0.334 e. The van der Waals surface area contributed by atoms with Crippen LogP contribution in [0.2, 0.25) is 0 Å². The van der Waals surface area contributed by atoms with E-state index >= 15 is 0 Å². The Kier molecular flexibility index (Phi) is 4.84. The lowest BCUT2D eigenvalue weighted by molar-refractivity contribution is 0.183. The van der Waals surface area contributed by atoms with Gasteiger partial charge in [0, 0.05) is 13.6 Å². The number of fused-ring (bicyclic) bond motifs is 1. The van der Waals surface area contributed by atoms with Crippen molar-refractivity contribution in [3.8, 4) is 0 Å². The molecule has 3 rings (SSSR count). The van der Waals surface area contributed by atoms with E-state index in [1.54, 1.807) is 17.9 Å². The quantitative estimate of drug-likeness (QED) is 0.893. The van der Waals surface area contributed by atoms with Crippen LogP contribution in [0.15, 0.2) is 42.5 Å². The van der Waals surface area contributed by atoms with Crippen LogP contribution in [-0.4, -0.2) is 18.0 Å². The molecule has 1 unspecified atom stereocenters. The summed E-state index contributed by atoms with van der Waals surface area (Å²) in [7, 11) is 1.83. The predicted octanol–water partition coefficient (Wildman–Crippen LogP) is 4.35. The Labute approximate surface area is 142 Å². The number of urea groups is 1. The van der Waals surface area contributed by atoms with Gasteiger partial charge in [0.25, 0.3) is 0 Å². The molecule has 0 radical (unpaired) electrons. The molecule has 0 heterocycles. The van der Waals surface area contributed by atoms with E-state index in [-0.39, 0.29) is 17.9 Å². The van der Waals surface area contributed by atoms with Gasteiger partial charge in [-0.15, -0.1) is 0 Å². The van der Waals surface area contributed by atoms with E-state index in [0.717, 1.165) is 24.8 Å². The normalized spacial score (nSPS) is 16.4. The molecule has 1 aliphatic rings. The van der Waals surface area contributed by atoms with Crippen LogP contribution < -0.4 is 5.32 Å². The first-order chi connectivity index (χ1) is 11.6. The number of rotatable bonds is 3. The minimum atomic E-state index is -0.240. The molecular weight excluding hydrogens is 303 g/mol. The number of benzene rings is 2. The number of nitrogens with zero attached hydrogens (tertiary/aromatic N) is 1. The van der Waals surface area contributed by atoms with Gasteiger partial charge in [-0.1, -0.05) is 36.4 Å². The molecule has 24 heavy (non-hydrogen) atoms. The van der Waals surface area contributed by atoms with Gasteiger partial charge in [0.2, 0.25) is 0 Å². The maximum atomic E-state index is 13.6. The average Bonchev–Trinajstić information content (AvgIpc) is 2.61. The average molecular weight is 326 g/mol.